The molecule has 0 aliphatic rings. The van der Waals surface area contributed by atoms with Gasteiger partial charge in [0.25, 0.3) is 0 Å². The van der Waals surface area contributed by atoms with Crippen molar-refractivity contribution in [1.29, 1.82) is 0 Å². The molecule has 1 rings (SSSR count). The molecule has 4 heteroatoms. The molecule has 0 heterocycles. The Labute approximate surface area is 139 Å². The van der Waals surface area contributed by atoms with Crippen LogP contribution in [0.4, 0.5) is 0 Å². The smallest absolute Gasteiger partial charge is 0.336 e. The van der Waals surface area contributed by atoms with Crippen molar-refractivity contribution >= 4 is 5.97 Å². The number of carboxylic acid groups (broad SMARTS) is 1. The van der Waals surface area contributed by atoms with Gasteiger partial charge in [0.15, 0.2) is 5.60 Å². The predicted molar refractivity (Wildman–Crippen MR) is 91.9 cm³/mol. The average molecular weight is 322 g/mol. The second kappa shape index (κ2) is 11.1. The number of ether oxygens (including phenoxy) is 2. The molecule has 1 N–H and O–H groups in total. The van der Waals surface area contributed by atoms with Gasteiger partial charge in [0, 0.05) is 13.0 Å². The number of carboxylic acids is 1. The topological polar surface area (TPSA) is 55.8 Å². The predicted octanol–water partition coefficient (Wildman–Crippen LogP) is 4.68. The van der Waals surface area contributed by atoms with E-state index in [1.807, 2.05) is 37.3 Å². The number of aliphatic carboxylic acids is 1. The maximum atomic E-state index is 11.8. The van der Waals surface area contributed by atoms with Crippen LogP contribution >= 0.6 is 0 Å². The first-order valence-electron chi connectivity index (χ1n) is 8.70. The van der Waals surface area contributed by atoms with Gasteiger partial charge in [-0.15, -0.1) is 0 Å². The third-order valence-corrected chi connectivity index (χ3v) is 4.01. The summed E-state index contributed by atoms with van der Waals surface area (Å²) < 4.78 is 11.3. The van der Waals surface area contributed by atoms with Gasteiger partial charge in [-0.05, 0) is 31.9 Å². The lowest BCUT2D eigenvalue weighted by Crippen LogP contribution is -2.43. The fraction of sp³-hybridized carbons (Fsp3) is 0.632. The second-order valence-corrected chi connectivity index (χ2v) is 5.81. The number of benzene rings is 1. The largest absolute Gasteiger partial charge is 0.493 e. The zero-order chi connectivity index (χ0) is 17.0. The Balaban J connectivity index is 2.53. The van der Waals surface area contributed by atoms with Gasteiger partial charge in [-0.1, -0.05) is 50.8 Å². The molecule has 1 aromatic carbocycles. The lowest BCUT2D eigenvalue weighted by molar-refractivity contribution is -0.168. The molecule has 0 amide bonds. The number of unbranched alkanes of at least 4 members (excludes halogenated alkanes) is 4. The van der Waals surface area contributed by atoms with Crippen LogP contribution in [0, 0.1) is 0 Å². The Hall–Kier alpha value is -1.55. The van der Waals surface area contributed by atoms with E-state index in [2.05, 4.69) is 6.92 Å². The number of para-hydroxylation sites is 1. The molecule has 0 bridgehead atoms. The summed E-state index contributed by atoms with van der Waals surface area (Å²) in [4.78, 5) is 11.8. The molecule has 1 unspecified atom stereocenters. The van der Waals surface area contributed by atoms with E-state index < -0.39 is 11.6 Å². The highest BCUT2D eigenvalue weighted by Crippen LogP contribution is 2.26. The van der Waals surface area contributed by atoms with Gasteiger partial charge in [-0.3, -0.25) is 0 Å². The number of carbonyl (C=O) groups is 1. The van der Waals surface area contributed by atoms with E-state index >= 15 is 0 Å². The van der Waals surface area contributed by atoms with Crippen LogP contribution in [0.15, 0.2) is 30.3 Å². The van der Waals surface area contributed by atoms with Crippen molar-refractivity contribution in [3.8, 4) is 5.75 Å². The Morgan fingerprint density at radius 1 is 1.04 bits per heavy atom. The molecule has 23 heavy (non-hydrogen) atoms. The first kappa shape index (κ1) is 19.5. The van der Waals surface area contributed by atoms with E-state index in [-0.39, 0.29) is 0 Å². The van der Waals surface area contributed by atoms with Crippen molar-refractivity contribution < 1.29 is 19.4 Å². The van der Waals surface area contributed by atoms with Crippen molar-refractivity contribution in [2.75, 3.05) is 13.2 Å². The van der Waals surface area contributed by atoms with E-state index in [1.165, 1.54) is 12.8 Å². The third kappa shape index (κ3) is 7.04. The highest BCUT2D eigenvalue weighted by atomic mass is 16.5. The normalized spacial score (nSPS) is 13.5. The van der Waals surface area contributed by atoms with Crippen LogP contribution in [-0.2, 0) is 9.53 Å². The van der Waals surface area contributed by atoms with Crippen LogP contribution in [0.2, 0.25) is 0 Å². The van der Waals surface area contributed by atoms with E-state index in [1.54, 1.807) is 0 Å². The van der Waals surface area contributed by atoms with E-state index in [9.17, 15) is 9.90 Å². The molecule has 4 nitrogen and oxygen atoms in total. The zero-order valence-electron chi connectivity index (χ0n) is 14.4. The number of hydrogen-bond donors (Lipinski definition) is 1. The molecule has 0 fully saturated rings. The van der Waals surface area contributed by atoms with Crippen molar-refractivity contribution in [1.82, 2.24) is 0 Å². The van der Waals surface area contributed by atoms with Gasteiger partial charge in [0.2, 0.25) is 0 Å². The van der Waals surface area contributed by atoms with Crippen LogP contribution in [-0.4, -0.2) is 29.9 Å². The molecular formula is C19H30O4. The lowest BCUT2D eigenvalue weighted by Gasteiger charge is -2.29. The maximum absolute atomic E-state index is 11.8. The zero-order valence-corrected chi connectivity index (χ0v) is 14.4. The fourth-order valence-electron chi connectivity index (χ4n) is 2.69. The summed E-state index contributed by atoms with van der Waals surface area (Å²) in [5, 5.41) is 9.67. The summed E-state index contributed by atoms with van der Waals surface area (Å²) in [5.41, 5.74) is -1.13. The van der Waals surface area contributed by atoms with Crippen LogP contribution in [0.3, 0.4) is 0 Å². The molecule has 130 valence electrons. The molecule has 0 saturated heterocycles. The van der Waals surface area contributed by atoms with Crippen LogP contribution in [0.5, 0.6) is 5.75 Å². The minimum atomic E-state index is -1.13. The highest BCUT2D eigenvalue weighted by Gasteiger charge is 2.38. The molecule has 0 radical (unpaired) electrons. The Morgan fingerprint density at radius 3 is 2.35 bits per heavy atom. The molecule has 1 atom stereocenters. The molecule has 0 aliphatic heterocycles. The van der Waals surface area contributed by atoms with Gasteiger partial charge in [-0.25, -0.2) is 4.79 Å². The van der Waals surface area contributed by atoms with Gasteiger partial charge >= 0.3 is 5.97 Å². The van der Waals surface area contributed by atoms with Gasteiger partial charge in [0.1, 0.15) is 5.75 Å². The number of hydrogen-bond acceptors (Lipinski definition) is 3. The number of rotatable bonds is 13. The first-order chi connectivity index (χ1) is 11.1. The lowest BCUT2D eigenvalue weighted by atomic mass is 9.92. The van der Waals surface area contributed by atoms with Gasteiger partial charge < -0.3 is 14.6 Å². The third-order valence-electron chi connectivity index (χ3n) is 4.01. The van der Waals surface area contributed by atoms with E-state index in [0.717, 1.165) is 25.0 Å². The van der Waals surface area contributed by atoms with Crippen LogP contribution in [0.1, 0.15) is 58.8 Å². The summed E-state index contributed by atoms with van der Waals surface area (Å²) in [6.07, 6.45) is 6.36. The van der Waals surface area contributed by atoms with Crippen molar-refractivity contribution in [2.45, 2.75) is 64.4 Å². The molecule has 0 aromatic heterocycles. The maximum Gasteiger partial charge on any atom is 0.336 e. The van der Waals surface area contributed by atoms with Crippen LogP contribution < -0.4 is 4.74 Å². The van der Waals surface area contributed by atoms with Gasteiger partial charge in [0.05, 0.1) is 6.61 Å². The Bertz CT molecular complexity index is 432. The molecule has 0 aliphatic carbocycles. The summed E-state index contributed by atoms with van der Waals surface area (Å²) >= 11 is 0. The Kier molecular flexibility index (Phi) is 9.37. The Morgan fingerprint density at radius 2 is 1.74 bits per heavy atom. The SMILES string of the molecule is CCCCCCCC(CCOc1ccccc1)(OCC)C(=O)O. The first-order valence-corrected chi connectivity index (χ1v) is 8.70. The minimum Gasteiger partial charge on any atom is -0.493 e. The molecule has 1 aromatic rings. The monoisotopic (exact) mass is 322 g/mol. The fourth-order valence-corrected chi connectivity index (χ4v) is 2.69. The second-order valence-electron chi connectivity index (χ2n) is 5.81. The minimum absolute atomic E-state index is 0.339. The summed E-state index contributed by atoms with van der Waals surface area (Å²) in [5.74, 6) is -0.127. The summed E-state index contributed by atoms with van der Waals surface area (Å²) in [6.45, 7) is 4.74. The van der Waals surface area contributed by atoms with Crippen molar-refractivity contribution in [2.24, 2.45) is 0 Å². The van der Waals surface area contributed by atoms with Crippen molar-refractivity contribution in [3.05, 3.63) is 30.3 Å². The molecular weight excluding hydrogens is 292 g/mol. The van der Waals surface area contributed by atoms with E-state index in [4.69, 9.17) is 9.47 Å². The highest BCUT2D eigenvalue weighted by molar-refractivity contribution is 5.77. The summed E-state index contributed by atoms with van der Waals surface area (Å²) in [6, 6.07) is 9.46. The average Bonchev–Trinajstić information content (AvgIpc) is 2.55. The molecule has 0 saturated carbocycles. The van der Waals surface area contributed by atoms with Crippen LogP contribution in [0.25, 0.3) is 0 Å². The van der Waals surface area contributed by atoms with Crippen molar-refractivity contribution in [3.63, 3.8) is 0 Å². The van der Waals surface area contributed by atoms with E-state index in [0.29, 0.717) is 26.1 Å². The molecule has 0 spiro atoms. The standard InChI is InChI=1S/C19H30O4/c1-3-5-6-7-11-14-19(18(20)21,23-4-2)15-16-22-17-12-9-8-10-13-17/h8-10,12-13H,3-7,11,14-16H2,1-2H3,(H,20,21). The van der Waals surface area contributed by atoms with Gasteiger partial charge in [-0.2, -0.15) is 0 Å². The quantitative estimate of drug-likeness (QED) is 0.536. The summed E-state index contributed by atoms with van der Waals surface area (Å²) in [7, 11) is 0.